The predicted molar refractivity (Wildman–Crippen MR) is 150 cm³/mol. The Morgan fingerprint density at radius 2 is 1.71 bits per heavy atom. The van der Waals surface area contributed by atoms with Crippen molar-refractivity contribution in [1.82, 2.24) is 19.1 Å². The van der Waals surface area contributed by atoms with E-state index in [1.807, 2.05) is 41.0 Å². The molecule has 1 fully saturated rings. The van der Waals surface area contributed by atoms with E-state index in [-0.39, 0.29) is 10.8 Å². The van der Waals surface area contributed by atoms with Gasteiger partial charge in [0.25, 0.3) is 0 Å². The summed E-state index contributed by atoms with van der Waals surface area (Å²) in [5.74, 6) is 0.278. The van der Waals surface area contributed by atoms with Crippen molar-refractivity contribution in [3.8, 4) is 17.1 Å². The van der Waals surface area contributed by atoms with Crippen molar-refractivity contribution < 1.29 is 13.2 Å². The topological polar surface area (TPSA) is 97.2 Å². The van der Waals surface area contributed by atoms with E-state index in [2.05, 4.69) is 15.5 Å². The number of benzene rings is 3. The predicted octanol–water partition coefficient (Wildman–Crippen LogP) is 5.49. The third-order valence-corrected chi connectivity index (χ3v) is 9.36. The summed E-state index contributed by atoms with van der Waals surface area (Å²) in [4.78, 5) is 13.2. The third kappa shape index (κ3) is 5.63. The first-order chi connectivity index (χ1) is 18.3. The third-order valence-electron chi connectivity index (χ3n) is 6.19. The summed E-state index contributed by atoms with van der Waals surface area (Å²) >= 11 is 7.30. The minimum absolute atomic E-state index is 0.208. The van der Waals surface area contributed by atoms with Crippen LogP contribution in [-0.2, 0) is 14.8 Å². The number of halogens is 1. The zero-order valence-electron chi connectivity index (χ0n) is 20.6. The number of nitrogens with zero attached hydrogens (tertiary/aromatic N) is 4. The fourth-order valence-electron chi connectivity index (χ4n) is 4.24. The summed E-state index contributed by atoms with van der Waals surface area (Å²) in [5.41, 5.74) is 2.02. The maximum Gasteiger partial charge on any atom is 0.243 e. The molecule has 0 radical (unpaired) electrons. The molecule has 1 aromatic heterocycles. The maximum atomic E-state index is 13.2. The van der Waals surface area contributed by atoms with Crippen molar-refractivity contribution in [2.24, 2.45) is 0 Å². The molecule has 38 heavy (non-hydrogen) atoms. The number of hydrogen-bond donors (Lipinski definition) is 1. The van der Waals surface area contributed by atoms with Crippen LogP contribution in [-0.4, -0.2) is 51.7 Å². The molecule has 1 aliphatic heterocycles. The average molecular weight is 568 g/mol. The second-order valence-electron chi connectivity index (χ2n) is 8.88. The van der Waals surface area contributed by atoms with Crippen molar-refractivity contribution in [3.05, 3.63) is 83.9 Å². The molecule has 1 N–H and O–H groups in total. The van der Waals surface area contributed by atoms with Crippen LogP contribution in [0, 0.1) is 0 Å². The Labute approximate surface area is 231 Å². The van der Waals surface area contributed by atoms with Crippen LogP contribution in [0.3, 0.4) is 0 Å². The summed E-state index contributed by atoms with van der Waals surface area (Å²) in [5, 5.41) is 12.2. The summed E-state index contributed by atoms with van der Waals surface area (Å²) in [6.45, 7) is 2.85. The molecule has 11 heteroatoms. The van der Waals surface area contributed by atoms with E-state index in [0.29, 0.717) is 40.3 Å². The van der Waals surface area contributed by atoms with Gasteiger partial charge in [-0.3, -0.25) is 9.36 Å². The number of sulfonamides is 1. The highest BCUT2D eigenvalue weighted by atomic mass is 35.5. The maximum absolute atomic E-state index is 13.2. The van der Waals surface area contributed by atoms with Crippen LogP contribution in [0.15, 0.2) is 88.9 Å². The molecule has 0 saturated carbocycles. The van der Waals surface area contributed by atoms with Crippen LogP contribution in [0.1, 0.15) is 19.8 Å². The fraction of sp³-hybridized carbons (Fsp3) is 0.222. The number of carbonyl (C=O) groups excluding carboxylic acids is 1. The summed E-state index contributed by atoms with van der Waals surface area (Å²) < 4.78 is 29.8. The molecule has 4 aromatic rings. The molecule has 3 aromatic carbocycles. The first kappa shape index (κ1) is 26.4. The van der Waals surface area contributed by atoms with E-state index in [1.165, 1.54) is 16.1 Å². The number of anilines is 1. The van der Waals surface area contributed by atoms with Gasteiger partial charge in [-0.1, -0.05) is 59.8 Å². The second-order valence-corrected chi connectivity index (χ2v) is 12.6. The van der Waals surface area contributed by atoms with Gasteiger partial charge in [0.1, 0.15) is 0 Å². The molecular weight excluding hydrogens is 542 g/mol. The van der Waals surface area contributed by atoms with Gasteiger partial charge in [0.05, 0.1) is 10.1 Å². The lowest BCUT2D eigenvalue weighted by Gasteiger charge is -2.16. The largest absolute Gasteiger partial charge is 0.325 e. The SMILES string of the molecule is CC(Sc1nnc(-c2cccc(S(=O)(=O)N3CCCC3)c2)n1-c1ccccc1)C(=O)Nc1cccc(Cl)c1. The highest BCUT2D eigenvalue weighted by Gasteiger charge is 2.28. The number of hydrogen-bond acceptors (Lipinski definition) is 6. The van der Waals surface area contributed by atoms with Gasteiger partial charge < -0.3 is 5.32 Å². The van der Waals surface area contributed by atoms with Gasteiger partial charge in [-0.05, 0) is 62.2 Å². The van der Waals surface area contributed by atoms with Gasteiger partial charge in [-0.25, -0.2) is 8.42 Å². The molecule has 1 atom stereocenters. The zero-order chi connectivity index (χ0) is 26.7. The first-order valence-corrected chi connectivity index (χ1v) is 14.9. The molecule has 0 bridgehead atoms. The Morgan fingerprint density at radius 3 is 2.45 bits per heavy atom. The van der Waals surface area contributed by atoms with Crippen LogP contribution in [0.4, 0.5) is 5.69 Å². The van der Waals surface area contributed by atoms with Crippen molar-refractivity contribution in [1.29, 1.82) is 0 Å². The van der Waals surface area contributed by atoms with E-state index in [9.17, 15) is 13.2 Å². The fourth-order valence-corrected chi connectivity index (χ4v) is 6.86. The minimum Gasteiger partial charge on any atom is -0.325 e. The number of thioether (sulfide) groups is 1. The number of aromatic nitrogens is 3. The molecule has 1 unspecified atom stereocenters. The molecule has 5 rings (SSSR count). The van der Waals surface area contributed by atoms with Crippen LogP contribution in [0.25, 0.3) is 17.1 Å². The van der Waals surface area contributed by atoms with Gasteiger partial charge in [-0.2, -0.15) is 4.31 Å². The Kier molecular flexibility index (Phi) is 7.85. The molecule has 1 aliphatic rings. The molecule has 0 aliphatic carbocycles. The van der Waals surface area contributed by atoms with Crippen molar-refractivity contribution >= 4 is 45.0 Å². The number of carbonyl (C=O) groups is 1. The van der Waals surface area contributed by atoms with E-state index in [0.717, 1.165) is 18.5 Å². The van der Waals surface area contributed by atoms with Crippen molar-refractivity contribution in [2.45, 2.75) is 35.1 Å². The lowest BCUT2D eigenvalue weighted by atomic mass is 10.2. The summed E-state index contributed by atoms with van der Waals surface area (Å²) in [7, 11) is -3.59. The lowest BCUT2D eigenvalue weighted by Crippen LogP contribution is -2.27. The molecule has 0 spiro atoms. The van der Waals surface area contributed by atoms with E-state index in [1.54, 1.807) is 49.4 Å². The van der Waals surface area contributed by atoms with Gasteiger partial charge in [-0.15, -0.1) is 10.2 Å². The molecule has 1 saturated heterocycles. The Bertz CT molecular complexity index is 1550. The van der Waals surface area contributed by atoms with Crippen molar-refractivity contribution in [3.63, 3.8) is 0 Å². The lowest BCUT2D eigenvalue weighted by molar-refractivity contribution is -0.115. The number of para-hydroxylation sites is 1. The molecular formula is C27H26ClN5O3S2. The molecule has 8 nitrogen and oxygen atoms in total. The Balaban J connectivity index is 1.47. The Morgan fingerprint density at radius 1 is 0.974 bits per heavy atom. The van der Waals surface area contributed by atoms with Gasteiger partial charge in [0, 0.05) is 35.1 Å². The zero-order valence-corrected chi connectivity index (χ0v) is 23.0. The number of rotatable bonds is 8. The number of amides is 1. The summed E-state index contributed by atoms with van der Waals surface area (Å²) in [6, 6.07) is 23.3. The second kappa shape index (κ2) is 11.3. The van der Waals surface area contributed by atoms with E-state index < -0.39 is 15.3 Å². The highest BCUT2D eigenvalue weighted by Crippen LogP contribution is 2.32. The van der Waals surface area contributed by atoms with E-state index in [4.69, 9.17) is 11.6 Å². The van der Waals surface area contributed by atoms with Gasteiger partial charge in [0.2, 0.25) is 15.9 Å². The van der Waals surface area contributed by atoms with Crippen molar-refractivity contribution in [2.75, 3.05) is 18.4 Å². The monoisotopic (exact) mass is 567 g/mol. The quantitative estimate of drug-likeness (QED) is 0.283. The van der Waals surface area contributed by atoms with Crippen LogP contribution in [0.2, 0.25) is 5.02 Å². The normalized spacial score (nSPS) is 14.9. The molecule has 2 heterocycles. The smallest absolute Gasteiger partial charge is 0.243 e. The average Bonchev–Trinajstić information content (AvgIpc) is 3.60. The van der Waals surface area contributed by atoms with E-state index >= 15 is 0 Å². The molecule has 1 amide bonds. The summed E-state index contributed by atoms with van der Waals surface area (Å²) in [6.07, 6.45) is 1.73. The van der Waals surface area contributed by atoms with Crippen LogP contribution >= 0.6 is 23.4 Å². The molecule has 196 valence electrons. The highest BCUT2D eigenvalue weighted by molar-refractivity contribution is 8.00. The van der Waals surface area contributed by atoms with Crippen LogP contribution < -0.4 is 5.32 Å². The minimum atomic E-state index is -3.59. The number of nitrogens with one attached hydrogen (secondary N) is 1. The standard InChI is InChI=1S/C27H26ClN5O3S2/c1-19(26(34)29-22-11-8-10-21(28)18-22)37-27-31-30-25(33(27)23-12-3-2-4-13-23)20-9-7-14-24(17-20)38(35,36)32-15-5-6-16-32/h2-4,7-14,17-19H,5-6,15-16H2,1H3,(H,29,34). The van der Waals surface area contributed by atoms with Gasteiger partial charge >= 0.3 is 0 Å². The Hall–Kier alpha value is -3.18. The van der Waals surface area contributed by atoms with Gasteiger partial charge in [0.15, 0.2) is 11.0 Å². The first-order valence-electron chi connectivity index (χ1n) is 12.2. The van der Waals surface area contributed by atoms with Crippen LogP contribution in [0.5, 0.6) is 0 Å².